The molecule has 11 heteroatoms. The molecule has 1 aromatic heterocycles. The van der Waals surface area contributed by atoms with E-state index in [1.165, 1.54) is 23.8 Å². The van der Waals surface area contributed by atoms with Crippen LogP contribution in [0.25, 0.3) is 0 Å². The van der Waals surface area contributed by atoms with Crippen LogP contribution in [-0.2, 0) is 19.6 Å². The number of aliphatic hydroxyl groups excluding tert-OH is 1. The van der Waals surface area contributed by atoms with Crippen molar-refractivity contribution in [3.63, 3.8) is 0 Å². The number of hydrogen-bond acceptors (Lipinski definition) is 8. The Hall–Kier alpha value is -3.30. The van der Waals surface area contributed by atoms with Crippen molar-refractivity contribution in [1.82, 2.24) is 9.55 Å². The molecule has 4 atom stereocenters. The third-order valence-corrected chi connectivity index (χ3v) is 6.99. The van der Waals surface area contributed by atoms with E-state index in [-0.39, 0.29) is 24.8 Å². The zero-order valence-corrected chi connectivity index (χ0v) is 21.9. The number of nitrogens with zero attached hydrogens (tertiary/aromatic N) is 2. The topological polar surface area (TPSA) is 121 Å². The Kier molecular flexibility index (Phi) is 8.24. The minimum Gasteiger partial charge on any atom is -0.497 e. The monoisotopic (exact) mass is 527 g/mol. The SMILES string of the molecule is COc1ccc(C(P)(OC[C@H]2OC(n3ccc(NC(C)=O)nc3=O)CC2O)c2ccc(OC)cc2)cc1. The third-order valence-electron chi connectivity index (χ3n) is 6.16. The number of carbonyl (C=O) groups is 1. The Labute approximate surface area is 216 Å². The number of aromatic nitrogens is 2. The Morgan fingerprint density at radius 1 is 1.11 bits per heavy atom. The van der Waals surface area contributed by atoms with Crippen LogP contribution in [0.2, 0.25) is 0 Å². The summed E-state index contributed by atoms with van der Waals surface area (Å²) in [6, 6.07) is 16.5. The predicted octanol–water partition coefficient (Wildman–Crippen LogP) is 2.66. The summed E-state index contributed by atoms with van der Waals surface area (Å²) < 4.78 is 24.3. The fourth-order valence-electron chi connectivity index (χ4n) is 4.14. The van der Waals surface area contributed by atoms with Crippen LogP contribution in [0.4, 0.5) is 5.82 Å². The summed E-state index contributed by atoms with van der Waals surface area (Å²) in [6.07, 6.45) is -0.618. The summed E-state index contributed by atoms with van der Waals surface area (Å²) in [5.41, 5.74) is 1.10. The molecule has 196 valence electrons. The fourth-order valence-corrected chi connectivity index (χ4v) is 4.62. The molecule has 1 fully saturated rings. The number of carbonyl (C=O) groups excluding carboxylic acids is 1. The van der Waals surface area contributed by atoms with Gasteiger partial charge in [-0.05, 0) is 41.5 Å². The molecular weight excluding hydrogens is 497 g/mol. The second-order valence-electron chi connectivity index (χ2n) is 8.62. The normalized spacial score (nSPS) is 19.4. The van der Waals surface area contributed by atoms with Crippen molar-refractivity contribution in [2.24, 2.45) is 0 Å². The van der Waals surface area contributed by atoms with Crippen LogP contribution in [0.3, 0.4) is 0 Å². The molecule has 2 N–H and O–H groups in total. The summed E-state index contributed by atoms with van der Waals surface area (Å²) in [7, 11) is 5.97. The van der Waals surface area contributed by atoms with Crippen molar-refractivity contribution in [3.8, 4) is 11.5 Å². The summed E-state index contributed by atoms with van der Waals surface area (Å²) in [5.74, 6) is 1.25. The number of methoxy groups -OCH3 is 2. The van der Waals surface area contributed by atoms with Gasteiger partial charge in [0.05, 0.1) is 26.9 Å². The van der Waals surface area contributed by atoms with Crippen molar-refractivity contribution in [2.45, 2.75) is 37.1 Å². The van der Waals surface area contributed by atoms with Gasteiger partial charge in [0.1, 0.15) is 35.0 Å². The molecule has 3 unspecified atom stereocenters. The number of rotatable bonds is 9. The first-order valence-electron chi connectivity index (χ1n) is 11.7. The first-order chi connectivity index (χ1) is 17.7. The smallest absolute Gasteiger partial charge is 0.351 e. The van der Waals surface area contributed by atoms with Crippen molar-refractivity contribution in [1.29, 1.82) is 0 Å². The Morgan fingerprint density at radius 3 is 2.16 bits per heavy atom. The lowest BCUT2D eigenvalue weighted by molar-refractivity contribution is -0.114. The van der Waals surface area contributed by atoms with Crippen molar-refractivity contribution >= 4 is 21.0 Å². The van der Waals surface area contributed by atoms with Gasteiger partial charge in [0.15, 0.2) is 0 Å². The van der Waals surface area contributed by atoms with Gasteiger partial charge in [-0.2, -0.15) is 4.98 Å². The maximum absolute atomic E-state index is 12.5. The lowest BCUT2D eigenvalue weighted by Crippen LogP contribution is -2.33. The minimum atomic E-state index is -0.960. The summed E-state index contributed by atoms with van der Waals surface area (Å²) >= 11 is 0. The van der Waals surface area contributed by atoms with Crippen LogP contribution in [-0.4, -0.2) is 53.6 Å². The van der Waals surface area contributed by atoms with Gasteiger partial charge in [-0.1, -0.05) is 33.5 Å². The Morgan fingerprint density at radius 2 is 1.68 bits per heavy atom. The van der Waals surface area contributed by atoms with E-state index in [1.807, 2.05) is 48.5 Å². The molecule has 4 rings (SSSR count). The van der Waals surface area contributed by atoms with Gasteiger partial charge in [-0.3, -0.25) is 9.36 Å². The Balaban J connectivity index is 1.53. The largest absolute Gasteiger partial charge is 0.497 e. The van der Waals surface area contributed by atoms with Gasteiger partial charge >= 0.3 is 5.69 Å². The zero-order chi connectivity index (χ0) is 26.6. The van der Waals surface area contributed by atoms with Crippen molar-refractivity contribution in [3.05, 3.63) is 82.4 Å². The average Bonchev–Trinajstić information content (AvgIpc) is 3.27. The van der Waals surface area contributed by atoms with E-state index >= 15 is 0 Å². The van der Waals surface area contributed by atoms with Crippen molar-refractivity contribution < 1.29 is 28.8 Å². The van der Waals surface area contributed by atoms with Crippen LogP contribution >= 0.6 is 9.24 Å². The van der Waals surface area contributed by atoms with Gasteiger partial charge < -0.3 is 29.4 Å². The van der Waals surface area contributed by atoms with Crippen LogP contribution < -0.4 is 20.5 Å². The van der Waals surface area contributed by atoms with Gasteiger partial charge in [-0.15, -0.1) is 0 Å². The highest BCUT2D eigenvalue weighted by Crippen LogP contribution is 2.42. The molecule has 10 nitrogen and oxygen atoms in total. The lowest BCUT2D eigenvalue weighted by atomic mass is 10.00. The van der Waals surface area contributed by atoms with E-state index in [1.54, 1.807) is 14.2 Å². The molecule has 0 bridgehead atoms. The minimum absolute atomic E-state index is 0.0470. The number of hydrogen-bond donors (Lipinski definition) is 2. The number of aliphatic hydroxyl groups is 1. The fraction of sp³-hybridized carbons (Fsp3) is 0.346. The second-order valence-corrected chi connectivity index (χ2v) is 9.43. The molecule has 3 aromatic rings. The molecule has 0 spiro atoms. The number of anilines is 1. The van der Waals surface area contributed by atoms with Crippen LogP contribution in [0, 0.1) is 0 Å². The van der Waals surface area contributed by atoms with Crippen LogP contribution in [0.15, 0.2) is 65.6 Å². The number of benzene rings is 2. The summed E-state index contributed by atoms with van der Waals surface area (Å²) in [4.78, 5) is 27.6. The molecule has 1 aliphatic rings. The third kappa shape index (κ3) is 5.99. The second kappa shape index (κ2) is 11.4. The molecule has 0 radical (unpaired) electrons. The van der Waals surface area contributed by atoms with Gasteiger partial charge in [0.25, 0.3) is 0 Å². The first-order valence-corrected chi connectivity index (χ1v) is 12.2. The summed E-state index contributed by atoms with van der Waals surface area (Å²) in [5, 5.41) is 12.2. The maximum atomic E-state index is 12.5. The number of amides is 1. The van der Waals surface area contributed by atoms with E-state index in [2.05, 4.69) is 19.5 Å². The average molecular weight is 528 g/mol. The standard InChI is InChI=1S/C26H30N3O7P/c1-16(30)27-23-12-13-29(25(32)28-23)24-14-21(31)22(36-24)15-35-26(37,17-4-8-19(33-2)9-5-17)18-6-10-20(34-3)11-7-18/h4-13,21-22,24,31H,14-15,37H2,1-3H3,(H,27,28,30,32)/t21?,22-,24?/m1/s1. The molecule has 0 saturated carbocycles. The summed E-state index contributed by atoms with van der Waals surface area (Å²) in [6.45, 7) is 1.38. The quantitative estimate of drug-likeness (QED) is 0.408. The predicted molar refractivity (Wildman–Crippen MR) is 140 cm³/mol. The zero-order valence-electron chi connectivity index (χ0n) is 20.8. The van der Waals surface area contributed by atoms with Crippen molar-refractivity contribution in [2.75, 3.05) is 26.1 Å². The molecule has 2 heterocycles. The van der Waals surface area contributed by atoms with Crippen LogP contribution in [0.1, 0.15) is 30.7 Å². The number of nitrogens with one attached hydrogen (secondary N) is 1. The molecule has 1 aliphatic heterocycles. The van der Waals surface area contributed by atoms with Gasteiger partial charge in [0, 0.05) is 19.5 Å². The van der Waals surface area contributed by atoms with Crippen LogP contribution in [0.5, 0.6) is 11.5 Å². The molecule has 2 aromatic carbocycles. The van der Waals surface area contributed by atoms with E-state index in [0.717, 1.165) is 11.1 Å². The maximum Gasteiger partial charge on any atom is 0.351 e. The molecule has 1 amide bonds. The highest BCUT2D eigenvalue weighted by molar-refractivity contribution is 7.18. The van der Waals surface area contributed by atoms with E-state index in [4.69, 9.17) is 18.9 Å². The molecule has 37 heavy (non-hydrogen) atoms. The highest BCUT2D eigenvalue weighted by atomic mass is 31.0. The molecular formula is C26H30N3O7P. The molecule has 0 aliphatic carbocycles. The van der Waals surface area contributed by atoms with E-state index < -0.39 is 29.5 Å². The first kappa shape index (κ1) is 26.8. The lowest BCUT2D eigenvalue weighted by Gasteiger charge is -2.32. The number of ether oxygens (including phenoxy) is 4. The Bertz CT molecular complexity index is 1230. The molecule has 1 saturated heterocycles. The highest BCUT2D eigenvalue weighted by Gasteiger charge is 2.39. The van der Waals surface area contributed by atoms with E-state index in [9.17, 15) is 14.7 Å². The van der Waals surface area contributed by atoms with Gasteiger partial charge in [0.2, 0.25) is 5.91 Å². The van der Waals surface area contributed by atoms with Gasteiger partial charge in [-0.25, -0.2) is 4.79 Å². The van der Waals surface area contributed by atoms with E-state index in [0.29, 0.717) is 11.5 Å².